The van der Waals surface area contributed by atoms with Crippen molar-refractivity contribution in [1.82, 2.24) is 4.90 Å². The lowest BCUT2D eigenvalue weighted by atomic mass is 9.93. The number of carbonyl (C=O) groups is 2. The van der Waals surface area contributed by atoms with Crippen molar-refractivity contribution in [3.63, 3.8) is 0 Å². The average molecular weight is 490 g/mol. The lowest BCUT2D eigenvalue weighted by molar-refractivity contribution is -0.156. The van der Waals surface area contributed by atoms with Gasteiger partial charge in [0, 0.05) is 18.7 Å². The van der Waals surface area contributed by atoms with Gasteiger partial charge in [-0.3, -0.25) is 4.79 Å². The third-order valence-electron chi connectivity index (χ3n) is 5.72. The maximum atomic E-state index is 12.8. The zero-order chi connectivity index (χ0) is 26.0. The Balaban J connectivity index is 2.11. The van der Waals surface area contributed by atoms with Crippen molar-refractivity contribution in [2.45, 2.75) is 64.9 Å². The second-order valence-electron chi connectivity index (χ2n) is 8.38. The van der Waals surface area contributed by atoms with Crippen LogP contribution in [0.5, 0.6) is 0 Å². The first-order chi connectivity index (χ1) is 16.5. The van der Waals surface area contributed by atoms with Crippen LogP contribution in [0, 0.1) is 17.8 Å². The summed E-state index contributed by atoms with van der Waals surface area (Å²) in [6.45, 7) is 3.92. The SMILES string of the molecule is CCCCC(CC)C(O)C#Cc1ccc(CN(Cc2ccc(C(F)(F)F)cc2)C(=O)C(=O)O)cc1. The van der Waals surface area contributed by atoms with Crippen LogP contribution in [0.3, 0.4) is 0 Å². The number of carbonyl (C=O) groups excluding carboxylic acids is 1. The number of carboxylic acid groups (broad SMARTS) is 1. The first kappa shape index (κ1) is 27.9. The molecule has 2 aromatic carbocycles. The Labute approximate surface area is 203 Å². The summed E-state index contributed by atoms with van der Waals surface area (Å²) in [6.07, 6.45) is -1.38. The summed E-state index contributed by atoms with van der Waals surface area (Å²) in [6, 6.07) is 11.0. The molecule has 0 bridgehead atoms. The van der Waals surface area contributed by atoms with E-state index in [-0.39, 0.29) is 19.0 Å². The van der Waals surface area contributed by atoms with Gasteiger partial charge in [0.1, 0.15) is 6.10 Å². The Morgan fingerprint density at radius 1 is 0.971 bits per heavy atom. The smallest absolute Gasteiger partial charge is 0.416 e. The van der Waals surface area contributed by atoms with Crippen molar-refractivity contribution >= 4 is 11.9 Å². The Morgan fingerprint density at radius 2 is 1.51 bits per heavy atom. The number of aliphatic carboxylic acids is 1. The molecule has 8 heteroatoms. The number of alkyl halides is 3. The van der Waals surface area contributed by atoms with Gasteiger partial charge < -0.3 is 15.1 Å². The molecule has 0 fully saturated rings. The third kappa shape index (κ3) is 8.76. The van der Waals surface area contributed by atoms with Crippen molar-refractivity contribution in [3.8, 4) is 11.8 Å². The van der Waals surface area contributed by atoms with E-state index in [1.807, 2.05) is 6.92 Å². The van der Waals surface area contributed by atoms with E-state index in [9.17, 15) is 27.9 Å². The molecule has 0 aliphatic heterocycles. The number of halogens is 3. The highest BCUT2D eigenvalue weighted by Gasteiger charge is 2.30. The predicted octanol–water partition coefficient (Wildman–Crippen LogP) is 5.25. The highest BCUT2D eigenvalue weighted by atomic mass is 19.4. The normalized spacial score (nSPS) is 12.9. The lowest BCUT2D eigenvalue weighted by Crippen LogP contribution is -2.35. The maximum absolute atomic E-state index is 12.8. The Bertz CT molecular complexity index is 1040. The van der Waals surface area contributed by atoms with Crippen molar-refractivity contribution in [2.75, 3.05) is 0 Å². The van der Waals surface area contributed by atoms with Crippen LogP contribution in [0.25, 0.3) is 0 Å². The van der Waals surface area contributed by atoms with Gasteiger partial charge in [-0.25, -0.2) is 4.79 Å². The van der Waals surface area contributed by atoms with Crippen molar-refractivity contribution in [3.05, 3.63) is 70.8 Å². The monoisotopic (exact) mass is 489 g/mol. The zero-order valence-corrected chi connectivity index (χ0v) is 19.8. The molecular formula is C27H30F3NO4. The molecule has 0 aliphatic rings. The van der Waals surface area contributed by atoms with E-state index in [0.29, 0.717) is 16.7 Å². The minimum atomic E-state index is -4.48. The van der Waals surface area contributed by atoms with Gasteiger partial charge in [0.2, 0.25) is 0 Å². The molecule has 0 saturated heterocycles. The van der Waals surface area contributed by atoms with Gasteiger partial charge in [0.05, 0.1) is 5.56 Å². The lowest BCUT2D eigenvalue weighted by Gasteiger charge is -2.21. The fraction of sp³-hybridized carbons (Fsp3) is 0.407. The number of carboxylic acids is 1. The number of rotatable bonds is 9. The topological polar surface area (TPSA) is 77.8 Å². The summed E-state index contributed by atoms with van der Waals surface area (Å²) in [5, 5.41) is 19.5. The van der Waals surface area contributed by atoms with Crippen LogP contribution in [0.4, 0.5) is 13.2 Å². The number of aliphatic hydroxyl groups excluding tert-OH is 1. The molecule has 0 radical (unpaired) electrons. The first-order valence-corrected chi connectivity index (χ1v) is 11.5. The number of benzene rings is 2. The summed E-state index contributed by atoms with van der Waals surface area (Å²) < 4.78 is 38.3. The highest BCUT2D eigenvalue weighted by molar-refractivity contribution is 6.31. The number of unbranched alkanes of at least 4 members (excludes halogenated alkanes) is 1. The second-order valence-corrected chi connectivity index (χ2v) is 8.38. The van der Waals surface area contributed by atoms with Gasteiger partial charge in [0.15, 0.2) is 0 Å². The molecule has 0 spiro atoms. The van der Waals surface area contributed by atoms with Gasteiger partial charge in [-0.2, -0.15) is 13.2 Å². The Kier molecular flexibility index (Phi) is 10.3. The van der Waals surface area contributed by atoms with Crippen molar-refractivity contribution in [1.29, 1.82) is 0 Å². The van der Waals surface area contributed by atoms with Gasteiger partial charge in [-0.05, 0) is 54.2 Å². The first-order valence-electron chi connectivity index (χ1n) is 11.5. The molecule has 2 aromatic rings. The van der Waals surface area contributed by atoms with Gasteiger partial charge in [-0.1, -0.05) is 62.8 Å². The number of amides is 1. The average Bonchev–Trinajstić information content (AvgIpc) is 2.82. The predicted molar refractivity (Wildman–Crippen MR) is 126 cm³/mol. The summed E-state index contributed by atoms with van der Waals surface area (Å²) in [5.41, 5.74) is 0.844. The number of hydrogen-bond donors (Lipinski definition) is 2. The number of nitrogens with zero attached hydrogens (tertiary/aromatic N) is 1. The molecule has 0 aromatic heterocycles. The van der Waals surface area contributed by atoms with E-state index in [0.717, 1.165) is 42.7 Å². The molecule has 188 valence electrons. The third-order valence-corrected chi connectivity index (χ3v) is 5.72. The van der Waals surface area contributed by atoms with Crippen molar-refractivity contribution < 1.29 is 33.0 Å². The van der Waals surface area contributed by atoms with Crippen molar-refractivity contribution in [2.24, 2.45) is 5.92 Å². The second kappa shape index (κ2) is 13.0. The Hall–Kier alpha value is -3.31. The molecule has 0 aliphatic carbocycles. The van der Waals surface area contributed by atoms with Gasteiger partial charge >= 0.3 is 18.1 Å². The van der Waals surface area contributed by atoms with Crippen LogP contribution in [0.15, 0.2) is 48.5 Å². The molecule has 35 heavy (non-hydrogen) atoms. The van der Waals surface area contributed by atoms with E-state index >= 15 is 0 Å². The van der Waals surface area contributed by atoms with E-state index in [2.05, 4.69) is 18.8 Å². The van der Waals surface area contributed by atoms with Crippen LogP contribution < -0.4 is 0 Å². The van der Waals surface area contributed by atoms with Crippen LogP contribution in [0.2, 0.25) is 0 Å². The molecule has 0 saturated carbocycles. The fourth-order valence-electron chi connectivity index (χ4n) is 3.59. The number of aliphatic hydroxyl groups is 1. The minimum absolute atomic E-state index is 0.0442. The summed E-state index contributed by atoms with van der Waals surface area (Å²) in [5.74, 6) is 3.14. The molecule has 2 unspecified atom stereocenters. The quantitative estimate of drug-likeness (QED) is 0.373. The van der Waals surface area contributed by atoms with Crippen LogP contribution in [-0.2, 0) is 28.9 Å². The molecule has 2 rings (SSSR count). The summed E-state index contributed by atoms with van der Waals surface area (Å²) >= 11 is 0. The van der Waals surface area contributed by atoms with E-state index < -0.39 is 29.7 Å². The van der Waals surface area contributed by atoms with E-state index in [1.165, 1.54) is 12.1 Å². The van der Waals surface area contributed by atoms with Crippen LogP contribution >= 0.6 is 0 Å². The van der Waals surface area contributed by atoms with Crippen LogP contribution in [-0.4, -0.2) is 33.1 Å². The minimum Gasteiger partial charge on any atom is -0.474 e. The molecule has 5 nitrogen and oxygen atoms in total. The highest BCUT2D eigenvalue weighted by Crippen LogP contribution is 2.29. The largest absolute Gasteiger partial charge is 0.474 e. The fourth-order valence-corrected chi connectivity index (χ4v) is 3.59. The molecule has 0 heterocycles. The molecule has 2 N–H and O–H groups in total. The molecule has 2 atom stereocenters. The maximum Gasteiger partial charge on any atom is 0.416 e. The standard InChI is InChI=1S/C27H30F3NO4/c1-3-5-6-22(4-2)24(32)16-13-19-7-9-20(10-8-19)17-31(25(33)26(34)35)18-21-11-14-23(15-12-21)27(28,29)30/h7-12,14-15,22,24,32H,3-6,17-18H2,1-2H3,(H,34,35). The van der Waals surface area contributed by atoms with E-state index in [1.54, 1.807) is 24.3 Å². The zero-order valence-electron chi connectivity index (χ0n) is 19.8. The molecule has 1 amide bonds. The van der Waals surface area contributed by atoms with Gasteiger partial charge in [-0.15, -0.1) is 0 Å². The molecular weight excluding hydrogens is 459 g/mol. The van der Waals surface area contributed by atoms with E-state index in [4.69, 9.17) is 5.11 Å². The Morgan fingerprint density at radius 3 is 1.97 bits per heavy atom. The summed E-state index contributed by atoms with van der Waals surface area (Å²) in [4.78, 5) is 24.5. The van der Waals surface area contributed by atoms with Gasteiger partial charge in [0.25, 0.3) is 0 Å². The number of hydrogen-bond acceptors (Lipinski definition) is 3. The van der Waals surface area contributed by atoms with Crippen LogP contribution in [0.1, 0.15) is 61.8 Å². The summed E-state index contributed by atoms with van der Waals surface area (Å²) in [7, 11) is 0.